The van der Waals surface area contributed by atoms with Crippen LogP contribution in [0.15, 0.2) is 12.1 Å². The SMILES string of the molecule is CCN(CC(=O)O)C1CC(NC(=O)NCc2cc(OC)c(OC)cc2OC)C1. The minimum atomic E-state index is -0.833. The van der Waals surface area contributed by atoms with E-state index in [-0.39, 0.29) is 31.2 Å². The van der Waals surface area contributed by atoms with Gasteiger partial charge < -0.3 is 30.0 Å². The van der Waals surface area contributed by atoms with E-state index < -0.39 is 5.97 Å². The maximum Gasteiger partial charge on any atom is 0.317 e. The molecule has 0 spiro atoms. The third-order valence-corrected chi connectivity index (χ3v) is 4.94. The van der Waals surface area contributed by atoms with Crippen LogP contribution in [0, 0.1) is 0 Å². The van der Waals surface area contributed by atoms with Gasteiger partial charge in [-0.05, 0) is 25.5 Å². The molecule has 9 nitrogen and oxygen atoms in total. The highest BCUT2D eigenvalue weighted by Gasteiger charge is 2.34. The fraction of sp³-hybridized carbons (Fsp3) is 0.579. The monoisotopic (exact) mass is 395 g/mol. The number of nitrogens with zero attached hydrogens (tertiary/aromatic N) is 1. The first-order valence-electron chi connectivity index (χ1n) is 9.20. The quantitative estimate of drug-likeness (QED) is 0.550. The maximum absolute atomic E-state index is 12.2. The van der Waals surface area contributed by atoms with Crippen molar-refractivity contribution in [1.29, 1.82) is 0 Å². The highest BCUT2D eigenvalue weighted by molar-refractivity contribution is 5.74. The van der Waals surface area contributed by atoms with Crippen LogP contribution in [0.25, 0.3) is 0 Å². The number of aliphatic carboxylic acids is 1. The Bertz CT molecular complexity index is 690. The van der Waals surface area contributed by atoms with Gasteiger partial charge in [-0.15, -0.1) is 0 Å². The maximum atomic E-state index is 12.2. The topological polar surface area (TPSA) is 109 Å². The van der Waals surface area contributed by atoms with Gasteiger partial charge in [-0.1, -0.05) is 6.92 Å². The van der Waals surface area contributed by atoms with E-state index in [1.807, 2.05) is 11.8 Å². The zero-order valence-electron chi connectivity index (χ0n) is 16.8. The van der Waals surface area contributed by atoms with Gasteiger partial charge in [0.25, 0.3) is 0 Å². The number of carbonyl (C=O) groups is 2. The van der Waals surface area contributed by atoms with Gasteiger partial charge in [-0.25, -0.2) is 4.79 Å². The molecule has 1 aliphatic rings. The minimum absolute atomic E-state index is 0.0270. The van der Waals surface area contributed by atoms with E-state index in [1.54, 1.807) is 33.5 Å². The molecule has 0 radical (unpaired) electrons. The Morgan fingerprint density at radius 2 is 1.71 bits per heavy atom. The average Bonchev–Trinajstić information content (AvgIpc) is 2.66. The van der Waals surface area contributed by atoms with E-state index in [0.29, 0.717) is 23.8 Å². The van der Waals surface area contributed by atoms with E-state index in [2.05, 4.69) is 10.6 Å². The van der Waals surface area contributed by atoms with Crippen LogP contribution in [0.1, 0.15) is 25.3 Å². The number of likely N-dealkylation sites (N-methyl/N-ethyl adjacent to an activating group) is 1. The van der Waals surface area contributed by atoms with Gasteiger partial charge in [0.1, 0.15) is 5.75 Å². The lowest BCUT2D eigenvalue weighted by molar-refractivity contribution is -0.139. The Morgan fingerprint density at radius 3 is 2.25 bits per heavy atom. The number of amides is 2. The second-order valence-electron chi connectivity index (χ2n) is 6.63. The molecule has 28 heavy (non-hydrogen) atoms. The third-order valence-electron chi connectivity index (χ3n) is 4.94. The number of nitrogens with one attached hydrogen (secondary N) is 2. The standard InChI is InChI=1S/C19H29N3O6/c1-5-22(11-18(23)24)14-7-13(8-14)21-19(25)20-10-12-6-16(27-3)17(28-4)9-15(12)26-2/h6,9,13-14H,5,7-8,10-11H2,1-4H3,(H,23,24)(H2,20,21,25). The summed E-state index contributed by atoms with van der Waals surface area (Å²) in [5.41, 5.74) is 0.764. The number of carboxylic acid groups (broad SMARTS) is 1. The number of carboxylic acids is 1. The minimum Gasteiger partial charge on any atom is -0.496 e. The lowest BCUT2D eigenvalue weighted by Crippen LogP contribution is -2.56. The van der Waals surface area contributed by atoms with Gasteiger partial charge in [0.15, 0.2) is 11.5 Å². The molecule has 0 atom stereocenters. The molecule has 1 aromatic rings. The summed E-state index contributed by atoms with van der Waals surface area (Å²) < 4.78 is 15.9. The number of hydrogen-bond acceptors (Lipinski definition) is 6. The Morgan fingerprint density at radius 1 is 1.11 bits per heavy atom. The molecular formula is C19H29N3O6. The van der Waals surface area contributed by atoms with E-state index in [0.717, 1.165) is 18.4 Å². The van der Waals surface area contributed by atoms with Crippen LogP contribution >= 0.6 is 0 Å². The summed E-state index contributed by atoms with van der Waals surface area (Å²) in [6, 6.07) is 3.44. The van der Waals surface area contributed by atoms with Gasteiger partial charge in [-0.3, -0.25) is 9.69 Å². The van der Waals surface area contributed by atoms with E-state index >= 15 is 0 Å². The van der Waals surface area contributed by atoms with Crippen LogP contribution in [0.3, 0.4) is 0 Å². The first-order chi connectivity index (χ1) is 13.4. The van der Waals surface area contributed by atoms with Crippen molar-refractivity contribution in [2.45, 2.75) is 38.4 Å². The number of ether oxygens (including phenoxy) is 3. The molecule has 0 saturated heterocycles. The van der Waals surface area contributed by atoms with Crippen molar-refractivity contribution in [1.82, 2.24) is 15.5 Å². The molecule has 0 aliphatic heterocycles. The van der Waals surface area contributed by atoms with Crippen molar-refractivity contribution in [2.75, 3.05) is 34.4 Å². The number of carbonyl (C=O) groups excluding carboxylic acids is 1. The van der Waals surface area contributed by atoms with E-state index in [9.17, 15) is 9.59 Å². The fourth-order valence-corrected chi connectivity index (χ4v) is 3.32. The summed E-state index contributed by atoms with van der Waals surface area (Å²) in [6.07, 6.45) is 1.49. The molecule has 3 N–H and O–H groups in total. The summed E-state index contributed by atoms with van der Waals surface area (Å²) in [6.45, 7) is 2.91. The summed E-state index contributed by atoms with van der Waals surface area (Å²) in [4.78, 5) is 25.0. The first kappa shape index (κ1) is 21.6. The van der Waals surface area contributed by atoms with Gasteiger partial charge in [-0.2, -0.15) is 0 Å². The third kappa shape index (κ3) is 5.41. The Balaban J connectivity index is 1.84. The normalized spacial score (nSPS) is 18.2. The zero-order valence-corrected chi connectivity index (χ0v) is 16.8. The van der Waals surface area contributed by atoms with Crippen LogP contribution < -0.4 is 24.8 Å². The van der Waals surface area contributed by atoms with Crippen molar-refractivity contribution in [3.8, 4) is 17.2 Å². The molecule has 2 rings (SSSR count). The Labute approximate surface area is 164 Å². The summed E-state index contributed by atoms with van der Waals surface area (Å²) >= 11 is 0. The summed E-state index contributed by atoms with van der Waals surface area (Å²) in [5.74, 6) is 0.865. The first-order valence-corrected chi connectivity index (χ1v) is 9.20. The zero-order chi connectivity index (χ0) is 20.7. The van der Waals surface area contributed by atoms with Crippen LogP contribution in [0.5, 0.6) is 17.2 Å². The van der Waals surface area contributed by atoms with Gasteiger partial charge in [0.2, 0.25) is 0 Å². The Hall–Kier alpha value is -2.68. The van der Waals surface area contributed by atoms with Gasteiger partial charge >= 0.3 is 12.0 Å². The van der Waals surface area contributed by atoms with E-state index in [1.165, 1.54) is 0 Å². The predicted octanol–water partition coefficient (Wildman–Crippen LogP) is 1.45. The van der Waals surface area contributed by atoms with Crippen LogP contribution in [-0.4, -0.2) is 68.5 Å². The molecule has 0 heterocycles. The number of benzene rings is 1. The largest absolute Gasteiger partial charge is 0.496 e. The molecule has 9 heteroatoms. The van der Waals surface area contributed by atoms with Crippen molar-refractivity contribution in [3.63, 3.8) is 0 Å². The number of methoxy groups -OCH3 is 3. The van der Waals surface area contributed by atoms with Crippen molar-refractivity contribution in [3.05, 3.63) is 17.7 Å². The summed E-state index contributed by atoms with van der Waals surface area (Å²) in [7, 11) is 4.64. The van der Waals surface area contributed by atoms with Crippen molar-refractivity contribution < 1.29 is 28.9 Å². The van der Waals surface area contributed by atoms with Crippen LogP contribution in [-0.2, 0) is 11.3 Å². The molecule has 156 valence electrons. The lowest BCUT2D eigenvalue weighted by Gasteiger charge is -2.42. The molecule has 2 amide bonds. The molecule has 0 unspecified atom stereocenters. The second-order valence-corrected chi connectivity index (χ2v) is 6.63. The molecule has 1 aliphatic carbocycles. The lowest BCUT2D eigenvalue weighted by atomic mass is 9.85. The van der Waals surface area contributed by atoms with Gasteiger partial charge in [0, 0.05) is 30.3 Å². The second kappa shape index (κ2) is 10.0. The predicted molar refractivity (Wildman–Crippen MR) is 103 cm³/mol. The van der Waals surface area contributed by atoms with E-state index in [4.69, 9.17) is 19.3 Å². The molecule has 0 bridgehead atoms. The fourth-order valence-electron chi connectivity index (χ4n) is 3.32. The van der Waals surface area contributed by atoms with Crippen LogP contribution in [0.2, 0.25) is 0 Å². The smallest absolute Gasteiger partial charge is 0.317 e. The molecule has 1 aromatic carbocycles. The number of hydrogen-bond donors (Lipinski definition) is 3. The van der Waals surface area contributed by atoms with Crippen molar-refractivity contribution in [2.24, 2.45) is 0 Å². The highest BCUT2D eigenvalue weighted by atomic mass is 16.5. The molecule has 1 fully saturated rings. The summed E-state index contributed by atoms with van der Waals surface area (Å²) in [5, 5.41) is 14.7. The Kier molecular flexibility index (Phi) is 7.74. The van der Waals surface area contributed by atoms with Gasteiger partial charge in [0.05, 0.1) is 27.9 Å². The molecule has 1 saturated carbocycles. The number of urea groups is 1. The van der Waals surface area contributed by atoms with Crippen molar-refractivity contribution >= 4 is 12.0 Å². The van der Waals surface area contributed by atoms with Crippen LogP contribution in [0.4, 0.5) is 4.79 Å². The molecular weight excluding hydrogens is 366 g/mol. The highest BCUT2D eigenvalue weighted by Crippen LogP contribution is 2.34. The average molecular weight is 395 g/mol. The number of rotatable bonds is 10. The molecule has 0 aromatic heterocycles.